The molecule has 0 spiro atoms. The maximum absolute atomic E-state index is 9.51. The highest BCUT2D eigenvalue weighted by atomic mass is 16.3. The van der Waals surface area contributed by atoms with E-state index in [2.05, 4.69) is 65.2 Å². The van der Waals surface area contributed by atoms with Crippen molar-refractivity contribution in [3.05, 3.63) is 83.9 Å². The van der Waals surface area contributed by atoms with E-state index in [9.17, 15) is 10.2 Å². The quantitative estimate of drug-likeness (QED) is 0.206. The predicted molar refractivity (Wildman–Crippen MR) is 133 cm³/mol. The number of phenolic OH excluding ortho intramolecular Hbond substituents is 2. The van der Waals surface area contributed by atoms with Gasteiger partial charge < -0.3 is 20.8 Å². The van der Waals surface area contributed by atoms with Crippen molar-refractivity contribution in [2.24, 2.45) is 0 Å². The van der Waals surface area contributed by atoms with Gasteiger partial charge in [-0.1, -0.05) is 73.5 Å². The van der Waals surface area contributed by atoms with Crippen molar-refractivity contribution in [3.8, 4) is 22.6 Å². The molecule has 0 heterocycles. The van der Waals surface area contributed by atoms with Crippen LogP contribution in [0.4, 0.5) is 0 Å². The zero-order valence-electron chi connectivity index (χ0n) is 18.9. The number of phenols is 2. The molecule has 0 saturated heterocycles. The van der Waals surface area contributed by atoms with Gasteiger partial charge in [0.1, 0.15) is 0 Å². The SMILES string of the molecule is Oc1ccc(CCNCCCCCCNCCc2ccc(-c3ccccc3)cc2)cc1O. The summed E-state index contributed by atoms with van der Waals surface area (Å²) in [4.78, 5) is 0. The van der Waals surface area contributed by atoms with Crippen LogP contribution in [0, 0.1) is 0 Å². The Hall–Kier alpha value is -2.82. The van der Waals surface area contributed by atoms with Gasteiger partial charge in [0.25, 0.3) is 0 Å². The van der Waals surface area contributed by atoms with Crippen molar-refractivity contribution in [3.63, 3.8) is 0 Å². The monoisotopic (exact) mass is 432 g/mol. The van der Waals surface area contributed by atoms with Gasteiger partial charge in [-0.15, -0.1) is 0 Å². The van der Waals surface area contributed by atoms with Crippen LogP contribution in [0.5, 0.6) is 11.5 Å². The van der Waals surface area contributed by atoms with Crippen LogP contribution in [0.1, 0.15) is 36.8 Å². The van der Waals surface area contributed by atoms with Gasteiger partial charge in [0.2, 0.25) is 0 Å². The molecule has 4 N–H and O–H groups in total. The van der Waals surface area contributed by atoms with E-state index in [4.69, 9.17) is 0 Å². The lowest BCUT2D eigenvalue weighted by molar-refractivity contribution is 0.403. The summed E-state index contributed by atoms with van der Waals surface area (Å²) in [5.74, 6) is -0.106. The Morgan fingerprint density at radius 1 is 0.500 bits per heavy atom. The van der Waals surface area contributed by atoms with E-state index in [-0.39, 0.29) is 11.5 Å². The molecule has 3 rings (SSSR count). The van der Waals surface area contributed by atoms with Crippen LogP contribution in [0.2, 0.25) is 0 Å². The fraction of sp³-hybridized carbons (Fsp3) is 0.357. The molecule has 0 bridgehead atoms. The first kappa shape index (κ1) is 23.8. The second kappa shape index (κ2) is 13.6. The molecular formula is C28H36N2O2. The van der Waals surface area contributed by atoms with E-state index in [1.165, 1.54) is 42.4 Å². The Labute approximate surface area is 192 Å². The molecule has 0 amide bonds. The van der Waals surface area contributed by atoms with Gasteiger partial charge in [-0.3, -0.25) is 0 Å². The van der Waals surface area contributed by atoms with Crippen LogP contribution >= 0.6 is 0 Å². The second-order valence-electron chi connectivity index (χ2n) is 8.30. The van der Waals surface area contributed by atoms with E-state index >= 15 is 0 Å². The van der Waals surface area contributed by atoms with Crippen molar-refractivity contribution in [1.82, 2.24) is 10.6 Å². The molecule has 3 aromatic carbocycles. The highest BCUT2D eigenvalue weighted by molar-refractivity contribution is 5.63. The molecule has 0 aromatic heterocycles. The highest BCUT2D eigenvalue weighted by Crippen LogP contribution is 2.24. The lowest BCUT2D eigenvalue weighted by Gasteiger charge is -2.07. The van der Waals surface area contributed by atoms with Crippen molar-refractivity contribution >= 4 is 0 Å². The number of unbranched alkanes of at least 4 members (excludes halogenated alkanes) is 3. The van der Waals surface area contributed by atoms with E-state index in [0.29, 0.717) is 0 Å². The number of rotatable bonds is 14. The lowest BCUT2D eigenvalue weighted by Crippen LogP contribution is -2.19. The van der Waals surface area contributed by atoms with Crippen molar-refractivity contribution in [2.75, 3.05) is 26.2 Å². The summed E-state index contributed by atoms with van der Waals surface area (Å²) in [6.07, 6.45) is 6.83. The number of hydrogen-bond donors (Lipinski definition) is 4. The van der Waals surface area contributed by atoms with Crippen molar-refractivity contribution < 1.29 is 10.2 Å². The first-order valence-electron chi connectivity index (χ1n) is 11.8. The molecule has 0 unspecified atom stereocenters. The normalized spacial score (nSPS) is 11.0. The maximum atomic E-state index is 9.51. The Kier molecular flexibility index (Phi) is 10.1. The van der Waals surface area contributed by atoms with Crippen LogP contribution < -0.4 is 10.6 Å². The second-order valence-corrected chi connectivity index (χ2v) is 8.30. The minimum absolute atomic E-state index is 0.0444. The Bertz CT molecular complexity index is 910. The molecule has 3 aromatic rings. The molecule has 4 heteroatoms. The van der Waals surface area contributed by atoms with Gasteiger partial charge in [0.15, 0.2) is 11.5 Å². The fourth-order valence-electron chi connectivity index (χ4n) is 3.79. The molecule has 32 heavy (non-hydrogen) atoms. The van der Waals surface area contributed by atoms with Crippen LogP contribution in [0.25, 0.3) is 11.1 Å². The molecule has 0 radical (unpaired) electrons. The van der Waals surface area contributed by atoms with Gasteiger partial charge in [0.05, 0.1) is 0 Å². The molecule has 0 aliphatic rings. The third-order valence-corrected chi connectivity index (χ3v) is 5.74. The van der Waals surface area contributed by atoms with Gasteiger partial charge in [0, 0.05) is 0 Å². The minimum Gasteiger partial charge on any atom is -0.504 e. The van der Waals surface area contributed by atoms with Crippen molar-refractivity contribution in [1.29, 1.82) is 0 Å². The smallest absolute Gasteiger partial charge is 0.157 e. The number of nitrogens with one attached hydrogen (secondary N) is 2. The standard InChI is InChI=1S/C28H36N2O2/c31-27-15-12-24(22-28(27)32)17-21-30-19-7-2-1-6-18-29-20-16-23-10-13-26(14-11-23)25-8-4-3-5-9-25/h3-5,8-15,22,29-32H,1-2,6-7,16-21H2. The van der Waals surface area contributed by atoms with Crippen LogP contribution in [0.3, 0.4) is 0 Å². The van der Waals surface area contributed by atoms with E-state index in [0.717, 1.165) is 44.6 Å². The molecule has 170 valence electrons. The van der Waals surface area contributed by atoms with Crippen LogP contribution in [0.15, 0.2) is 72.8 Å². The molecule has 4 nitrogen and oxygen atoms in total. The third kappa shape index (κ3) is 8.37. The zero-order chi connectivity index (χ0) is 22.4. The lowest BCUT2D eigenvalue weighted by atomic mass is 10.0. The first-order valence-corrected chi connectivity index (χ1v) is 11.8. The summed E-state index contributed by atoms with van der Waals surface area (Å²) in [6, 6.07) is 24.4. The van der Waals surface area contributed by atoms with Crippen molar-refractivity contribution in [2.45, 2.75) is 38.5 Å². The van der Waals surface area contributed by atoms with Crippen LogP contribution in [-0.2, 0) is 12.8 Å². The van der Waals surface area contributed by atoms with Crippen LogP contribution in [-0.4, -0.2) is 36.4 Å². The highest BCUT2D eigenvalue weighted by Gasteiger charge is 2.01. The van der Waals surface area contributed by atoms with Gasteiger partial charge >= 0.3 is 0 Å². The van der Waals surface area contributed by atoms with Gasteiger partial charge in [-0.25, -0.2) is 0 Å². The summed E-state index contributed by atoms with van der Waals surface area (Å²) in [6.45, 7) is 4.02. The molecule has 0 fully saturated rings. The molecular weight excluding hydrogens is 396 g/mol. The minimum atomic E-state index is -0.0614. The average molecular weight is 433 g/mol. The van der Waals surface area contributed by atoms with E-state index < -0.39 is 0 Å². The summed E-state index contributed by atoms with van der Waals surface area (Å²) in [7, 11) is 0. The Morgan fingerprint density at radius 3 is 1.69 bits per heavy atom. The van der Waals surface area contributed by atoms with E-state index in [1.807, 2.05) is 6.07 Å². The molecule has 0 aliphatic heterocycles. The third-order valence-electron chi connectivity index (χ3n) is 5.74. The molecule has 0 saturated carbocycles. The topological polar surface area (TPSA) is 64.5 Å². The fourth-order valence-corrected chi connectivity index (χ4v) is 3.79. The number of aromatic hydroxyl groups is 2. The Balaban J connectivity index is 1.15. The maximum Gasteiger partial charge on any atom is 0.157 e. The van der Waals surface area contributed by atoms with Gasteiger partial charge in [-0.2, -0.15) is 0 Å². The number of benzene rings is 3. The summed E-state index contributed by atoms with van der Waals surface area (Å²) in [5, 5.41) is 25.9. The number of hydrogen-bond acceptors (Lipinski definition) is 4. The Morgan fingerprint density at radius 2 is 1.06 bits per heavy atom. The largest absolute Gasteiger partial charge is 0.504 e. The summed E-state index contributed by atoms with van der Waals surface area (Å²) in [5.41, 5.74) is 4.96. The average Bonchev–Trinajstić information content (AvgIpc) is 2.83. The molecule has 0 aliphatic carbocycles. The summed E-state index contributed by atoms with van der Waals surface area (Å²) < 4.78 is 0. The molecule has 0 atom stereocenters. The van der Waals surface area contributed by atoms with Gasteiger partial charge in [-0.05, 0) is 86.2 Å². The summed E-state index contributed by atoms with van der Waals surface area (Å²) >= 11 is 0. The zero-order valence-corrected chi connectivity index (χ0v) is 18.9. The van der Waals surface area contributed by atoms with E-state index in [1.54, 1.807) is 12.1 Å². The first-order chi connectivity index (χ1) is 15.7. The predicted octanol–water partition coefficient (Wildman–Crippen LogP) is 5.29.